The molecule has 0 heterocycles. The Morgan fingerprint density at radius 1 is 0.615 bits per heavy atom. The van der Waals surface area contributed by atoms with Crippen molar-refractivity contribution in [2.75, 3.05) is 0 Å². The average Bonchev–Trinajstić information content (AvgIpc) is 2.21. The minimum atomic E-state index is 0. The maximum Gasteiger partial charge on any atom is 0 e. The van der Waals surface area contributed by atoms with Gasteiger partial charge in [0.1, 0.15) is 0 Å². The normalized spacial score (nSPS) is 9.85. The maximum atomic E-state index is 2.16. The molecule has 0 spiro atoms. The Bertz CT molecular complexity index is 316. The minimum Gasteiger partial charge on any atom is -0.0622 e. The van der Waals surface area contributed by atoms with Crippen molar-refractivity contribution in [1.29, 1.82) is 0 Å². The number of benzene rings is 2. The predicted molar refractivity (Wildman–Crippen MR) is 57.8 cm³/mol. The zero-order chi connectivity index (χ0) is 8.93. The van der Waals surface area contributed by atoms with Crippen molar-refractivity contribution in [1.82, 2.24) is 0 Å². The van der Waals surface area contributed by atoms with E-state index in [2.05, 4.69) is 60.7 Å². The highest BCUT2D eigenvalue weighted by atomic mass is 14.0. The monoisotopic (exact) mass is 170 g/mol. The van der Waals surface area contributed by atoms with Crippen LogP contribution in [0.15, 0.2) is 60.7 Å². The van der Waals surface area contributed by atoms with Crippen LogP contribution in [0.4, 0.5) is 0 Å². The molecule has 0 atom stereocenters. The Morgan fingerprint density at radius 2 is 1.00 bits per heavy atom. The van der Waals surface area contributed by atoms with E-state index >= 15 is 0 Å². The largest absolute Gasteiger partial charge is 0.0622 e. The van der Waals surface area contributed by atoms with Crippen molar-refractivity contribution < 1.29 is 1.43 Å². The topological polar surface area (TPSA) is 0 Å². The van der Waals surface area contributed by atoms with Crippen molar-refractivity contribution in [3.8, 4) is 0 Å². The number of hydrogen-bond donors (Lipinski definition) is 0. The van der Waals surface area contributed by atoms with Gasteiger partial charge >= 0.3 is 0 Å². The highest BCUT2D eigenvalue weighted by Gasteiger charge is 1.92. The second kappa shape index (κ2) is 3.90. The van der Waals surface area contributed by atoms with Crippen molar-refractivity contribution in [3.63, 3.8) is 0 Å². The molecule has 0 saturated carbocycles. The van der Waals surface area contributed by atoms with E-state index in [-0.39, 0.29) is 1.43 Å². The van der Waals surface area contributed by atoms with E-state index in [0.717, 1.165) is 6.42 Å². The fraction of sp³-hybridized carbons (Fsp3) is 0.0769. The molecule has 0 saturated heterocycles. The molecule has 0 fully saturated rings. The van der Waals surface area contributed by atoms with E-state index in [1.165, 1.54) is 11.1 Å². The predicted octanol–water partition coefficient (Wildman–Crippen LogP) is 3.52. The summed E-state index contributed by atoms with van der Waals surface area (Å²) in [6, 6.07) is 21.1. The summed E-state index contributed by atoms with van der Waals surface area (Å²) in [5, 5.41) is 0. The van der Waals surface area contributed by atoms with Gasteiger partial charge in [0.05, 0.1) is 0 Å². The van der Waals surface area contributed by atoms with Crippen LogP contribution in [0.1, 0.15) is 12.6 Å². The first-order chi connectivity index (χ1) is 6.45. The lowest BCUT2D eigenvalue weighted by atomic mass is 10.1. The summed E-state index contributed by atoms with van der Waals surface area (Å²) in [6.45, 7) is 0. The Balaban J connectivity index is 0.000000980. The van der Waals surface area contributed by atoms with Crippen molar-refractivity contribution in [2.45, 2.75) is 6.42 Å². The van der Waals surface area contributed by atoms with Gasteiger partial charge in [0, 0.05) is 1.43 Å². The summed E-state index contributed by atoms with van der Waals surface area (Å²) < 4.78 is 0. The van der Waals surface area contributed by atoms with Crippen LogP contribution in [-0.4, -0.2) is 0 Å². The third-order valence-corrected chi connectivity index (χ3v) is 2.09. The minimum absolute atomic E-state index is 0. The summed E-state index contributed by atoms with van der Waals surface area (Å²) in [5.74, 6) is 0. The van der Waals surface area contributed by atoms with Crippen LogP contribution < -0.4 is 0 Å². The molecular formula is C13H14. The van der Waals surface area contributed by atoms with Crippen LogP contribution in [0.3, 0.4) is 0 Å². The van der Waals surface area contributed by atoms with Crippen LogP contribution in [-0.2, 0) is 6.42 Å². The summed E-state index contributed by atoms with van der Waals surface area (Å²) in [7, 11) is 0. The maximum absolute atomic E-state index is 2.16. The molecule has 0 aliphatic carbocycles. The first-order valence-electron chi connectivity index (χ1n) is 4.53. The summed E-state index contributed by atoms with van der Waals surface area (Å²) in [6.07, 6.45) is 1.03. The second-order valence-electron chi connectivity index (χ2n) is 3.15. The Morgan fingerprint density at radius 3 is 1.38 bits per heavy atom. The first-order valence-corrected chi connectivity index (χ1v) is 4.53. The van der Waals surface area contributed by atoms with Crippen LogP contribution in [0.5, 0.6) is 0 Å². The van der Waals surface area contributed by atoms with Gasteiger partial charge in [-0.1, -0.05) is 60.7 Å². The Labute approximate surface area is 80.3 Å². The lowest BCUT2D eigenvalue weighted by molar-refractivity contribution is 1.19. The smallest absolute Gasteiger partial charge is 0 e. The molecule has 0 nitrogen and oxygen atoms in total. The molecule has 0 bridgehead atoms. The van der Waals surface area contributed by atoms with Gasteiger partial charge in [0.2, 0.25) is 0 Å². The van der Waals surface area contributed by atoms with Crippen molar-refractivity contribution >= 4 is 0 Å². The standard InChI is InChI=1S/C13H12.H2/c1-3-7-12(8-4-1)11-13-9-5-2-6-10-13;/h1-10H,11H2;1H. The highest BCUT2D eigenvalue weighted by molar-refractivity contribution is 5.25. The third-order valence-electron chi connectivity index (χ3n) is 2.09. The van der Waals surface area contributed by atoms with E-state index in [9.17, 15) is 0 Å². The molecule has 2 aromatic carbocycles. The fourth-order valence-electron chi connectivity index (χ4n) is 1.43. The van der Waals surface area contributed by atoms with Gasteiger partial charge < -0.3 is 0 Å². The van der Waals surface area contributed by atoms with E-state index in [1.807, 2.05) is 0 Å². The number of hydrogen-bond acceptors (Lipinski definition) is 0. The van der Waals surface area contributed by atoms with Gasteiger partial charge in [-0.3, -0.25) is 0 Å². The van der Waals surface area contributed by atoms with Gasteiger partial charge in [-0.05, 0) is 17.5 Å². The molecule has 0 amide bonds. The third kappa shape index (κ3) is 2.19. The van der Waals surface area contributed by atoms with Crippen molar-refractivity contribution in [3.05, 3.63) is 71.8 Å². The summed E-state index contributed by atoms with van der Waals surface area (Å²) in [4.78, 5) is 0. The van der Waals surface area contributed by atoms with Crippen LogP contribution in [0.25, 0.3) is 0 Å². The molecule has 2 aromatic rings. The summed E-state index contributed by atoms with van der Waals surface area (Å²) >= 11 is 0. The summed E-state index contributed by atoms with van der Waals surface area (Å²) in [5.41, 5.74) is 2.74. The average molecular weight is 170 g/mol. The zero-order valence-corrected chi connectivity index (χ0v) is 7.48. The Hall–Kier alpha value is -1.56. The zero-order valence-electron chi connectivity index (χ0n) is 7.48. The second-order valence-corrected chi connectivity index (χ2v) is 3.15. The first kappa shape index (κ1) is 8.06. The molecule has 0 N–H and O–H groups in total. The van der Waals surface area contributed by atoms with Crippen LogP contribution >= 0.6 is 0 Å². The van der Waals surface area contributed by atoms with Crippen LogP contribution in [0, 0.1) is 0 Å². The molecule has 2 rings (SSSR count). The SMILES string of the molecule is [HH].c1ccc(Cc2ccccc2)cc1. The molecule has 0 aliphatic rings. The lowest BCUT2D eigenvalue weighted by Crippen LogP contribution is -1.85. The molecule has 0 aromatic heterocycles. The van der Waals surface area contributed by atoms with E-state index in [4.69, 9.17) is 0 Å². The van der Waals surface area contributed by atoms with Gasteiger partial charge in [-0.15, -0.1) is 0 Å². The fourth-order valence-corrected chi connectivity index (χ4v) is 1.43. The Kier molecular flexibility index (Phi) is 2.42. The molecule has 0 aliphatic heterocycles. The molecule has 0 heteroatoms. The van der Waals surface area contributed by atoms with Gasteiger partial charge in [-0.2, -0.15) is 0 Å². The highest BCUT2D eigenvalue weighted by Crippen LogP contribution is 2.07. The number of rotatable bonds is 2. The lowest BCUT2D eigenvalue weighted by Gasteiger charge is -2.00. The molecule has 0 radical (unpaired) electrons. The molecule has 0 unspecified atom stereocenters. The van der Waals surface area contributed by atoms with Gasteiger partial charge in [-0.25, -0.2) is 0 Å². The molecular weight excluding hydrogens is 156 g/mol. The van der Waals surface area contributed by atoms with E-state index < -0.39 is 0 Å². The quantitative estimate of drug-likeness (QED) is 0.647. The molecule has 66 valence electrons. The van der Waals surface area contributed by atoms with E-state index in [0.29, 0.717) is 0 Å². The van der Waals surface area contributed by atoms with Gasteiger partial charge in [0.25, 0.3) is 0 Å². The van der Waals surface area contributed by atoms with Gasteiger partial charge in [0.15, 0.2) is 0 Å². The van der Waals surface area contributed by atoms with Crippen molar-refractivity contribution in [2.24, 2.45) is 0 Å². The van der Waals surface area contributed by atoms with Crippen LogP contribution in [0.2, 0.25) is 0 Å². The van der Waals surface area contributed by atoms with E-state index in [1.54, 1.807) is 0 Å². The molecule has 13 heavy (non-hydrogen) atoms.